The molecule has 0 spiro atoms. The van der Waals surface area contributed by atoms with Crippen molar-refractivity contribution in [3.63, 3.8) is 0 Å². The predicted molar refractivity (Wildman–Crippen MR) is 69.6 cm³/mol. The fourth-order valence-electron chi connectivity index (χ4n) is 2.35. The maximum absolute atomic E-state index is 11.1. The van der Waals surface area contributed by atoms with Gasteiger partial charge in [0.05, 0.1) is 4.92 Å². The zero-order valence-corrected chi connectivity index (χ0v) is 10.7. The van der Waals surface area contributed by atoms with Crippen LogP contribution in [-0.4, -0.2) is 29.0 Å². The topological polar surface area (TPSA) is 85.3 Å². The molecule has 2 atom stereocenters. The molecular weight excluding hydrogens is 232 g/mol. The lowest BCUT2D eigenvalue weighted by molar-refractivity contribution is -0.384. The Morgan fingerprint density at radius 1 is 1.61 bits per heavy atom. The molecule has 0 bridgehead atoms. The Bertz CT molecular complexity index is 463. The van der Waals surface area contributed by atoms with Crippen LogP contribution in [0, 0.1) is 23.0 Å². The van der Waals surface area contributed by atoms with E-state index in [0.29, 0.717) is 17.3 Å². The number of nitrogens with two attached hydrogens (primary N) is 1. The van der Waals surface area contributed by atoms with Crippen molar-refractivity contribution in [2.24, 2.45) is 11.7 Å². The minimum Gasteiger partial charge on any atom is -0.351 e. The molecule has 0 aromatic carbocycles. The van der Waals surface area contributed by atoms with E-state index < -0.39 is 0 Å². The highest BCUT2D eigenvalue weighted by molar-refractivity contribution is 5.61. The summed E-state index contributed by atoms with van der Waals surface area (Å²) in [5.74, 6) is 0.791. The molecule has 18 heavy (non-hydrogen) atoms. The summed E-state index contributed by atoms with van der Waals surface area (Å²) in [6.07, 6.45) is 2.46. The van der Waals surface area contributed by atoms with Crippen LogP contribution in [0.5, 0.6) is 0 Å². The summed E-state index contributed by atoms with van der Waals surface area (Å²) in [7, 11) is 0. The van der Waals surface area contributed by atoms with Gasteiger partial charge in [0.1, 0.15) is 0 Å². The van der Waals surface area contributed by atoms with Crippen LogP contribution in [0.2, 0.25) is 0 Å². The Balaban J connectivity index is 2.34. The molecule has 2 unspecified atom stereocenters. The molecule has 98 valence electrons. The Morgan fingerprint density at radius 2 is 2.33 bits per heavy atom. The molecule has 0 saturated carbocycles. The third-order valence-electron chi connectivity index (χ3n) is 3.56. The number of piperidine rings is 1. The quantitative estimate of drug-likeness (QED) is 0.634. The molecule has 1 aromatic rings. The van der Waals surface area contributed by atoms with Gasteiger partial charge >= 0.3 is 5.69 Å². The van der Waals surface area contributed by atoms with E-state index in [-0.39, 0.29) is 16.7 Å². The number of aryl methyl sites for hydroxylation is 1. The van der Waals surface area contributed by atoms with E-state index in [4.69, 9.17) is 5.73 Å². The molecule has 0 aliphatic carbocycles. The van der Waals surface area contributed by atoms with Gasteiger partial charge in [0.25, 0.3) is 0 Å². The summed E-state index contributed by atoms with van der Waals surface area (Å²) in [6.45, 7) is 5.25. The summed E-state index contributed by atoms with van der Waals surface area (Å²) in [5, 5.41) is 11.1. The first kappa shape index (κ1) is 12.8. The minimum atomic E-state index is -0.350. The first-order chi connectivity index (χ1) is 8.50. The monoisotopic (exact) mass is 250 g/mol. The van der Waals surface area contributed by atoms with Gasteiger partial charge in [0, 0.05) is 30.9 Å². The van der Waals surface area contributed by atoms with E-state index >= 15 is 0 Å². The normalized spacial score (nSPS) is 24.1. The number of anilines is 1. The van der Waals surface area contributed by atoms with E-state index in [2.05, 4.69) is 11.9 Å². The highest BCUT2D eigenvalue weighted by Crippen LogP contribution is 2.31. The lowest BCUT2D eigenvalue weighted by Gasteiger charge is -2.35. The molecule has 6 heteroatoms. The maximum Gasteiger partial charge on any atom is 0.314 e. The van der Waals surface area contributed by atoms with Crippen LogP contribution in [-0.2, 0) is 0 Å². The van der Waals surface area contributed by atoms with Gasteiger partial charge in [-0.15, -0.1) is 0 Å². The maximum atomic E-state index is 11.1. The Morgan fingerprint density at radius 3 is 2.94 bits per heavy atom. The summed E-state index contributed by atoms with van der Waals surface area (Å²) < 4.78 is 0. The smallest absolute Gasteiger partial charge is 0.314 e. The van der Waals surface area contributed by atoms with Gasteiger partial charge in [0.2, 0.25) is 5.82 Å². The number of nitro groups is 1. The number of rotatable bonds is 2. The standard InChI is InChI=1S/C12H18N4O2/c1-8-3-5-14-12(11(8)16(17)18)15-6-4-10(13)9(2)7-15/h3,5,9-10H,4,6-7,13H2,1-2H3. The second-order valence-corrected chi connectivity index (χ2v) is 4.93. The van der Waals surface area contributed by atoms with Gasteiger partial charge in [-0.05, 0) is 25.3 Å². The first-order valence-corrected chi connectivity index (χ1v) is 6.11. The van der Waals surface area contributed by atoms with E-state index in [1.807, 2.05) is 4.90 Å². The molecule has 6 nitrogen and oxygen atoms in total. The minimum absolute atomic E-state index is 0.111. The van der Waals surface area contributed by atoms with Gasteiger partial charge < -0.3 is 10.6 Å². The van der Waals surface area contributed by atoms with Gasteiger partial charge in [-0.25, -0.2) is 4.98 Å². The van der Waals surface area contributed by atoms with Gasteiger partial charge in [-0.3, -0.25) is 10.1 Å². The number of hydrogen-bond acceptors (Lipinski definition) is 5. The highest BCUT2D eigenvalue weighted by atomic mass is 16.6. The summed E-state index contributed by atoms with van der Waals surface area (Å²) >= 11 is 0. The van der Waals surface area contributed by atoms with Crippen LogP contribution in [0.1, 0.15) is 18.9 Å². The molecule has 1 aromatic heterocycles. The van der Waals surface area contributed by atoms with E-state index in [9.17, 15) is 10.1 Å². The lowest BCUT2D eigenvalue weighted by Crippen LogP contribution is -2.46. The molecule has 1 saturated heterocycles. The molecule has 1 fully saturated rings. The Kier molecular flexibility index (Phi) is 3.47. The fourth-order valence-corrected chi connectivity index (χ4v) is 2.35. The van der Waals surface area contributed by atoms with Crippen LogP contribution in [0.25, 0.3) is 0 Å². The van der Waals surface area contributed by atoms with Crippen molar-refractivity contribution < 1.29 is 4.92 Å². The van der Waals surface area contributed by atoms with Crippen molar-refractivity contribution in [3.8, 4) is 0 Å². The van der Waals surface area contributed by atoms with E-state index in [0.717, 1.165) is 19.5 Å². The summed E-state index contributed by atoms with van der Waals surface area (Å²) in [5.41, 5.74) is 6.72. The number of hydrogen-bond donors (Lipinski definition) is 1. The largest absolute Gasteiger partial charge is 0.351 e. The average Bonchev–Trinajstić information content (AvgIpc) is 2.32. The fraction of sp³-hybridized carbons (Fsp3) is 0.583. The summed E-state index contributed by atoms with van der Waals surface area (Å²) in [4.78, 5) is 17.0. The van der Waals surface area contributed by atoms with Crippen molar-refractivity contribution in [3.05, 3.63) is 27.9 Å². The Labute approximate surface area is 106 Å². The molecule has 2 heterocycles. The van der Waals surface area contributed by atoms with Gasteiger partial charge in [-0.1, -0.05) is 6.92 Å². The van der Waals surface area contributed by atoms with Crippen LogP contribution >= 0.6 is 0 Å². The van der Waals surface area contributed by atoms with Crippen molar-refractivity contribution in [2.45, 2.75) is 26.3 Å². The predicted octanol–water partition coefficient (Wildman–Crippen LogP) is 1.47. The van der Waals surface area contributed by atoms with Crippen molar-refractivity contribution in [1.29, 1.82) is 0 Å². The SMILES string of the molecule is Cc1ccnc(N2CCC(N)C(C)C2)c1[N+](=O)[O-]. The van der Waals surface area contributed by atoms with Crippen LogP contribution in [0.3, 0.4) is 0 Å². The van der Waals surface area contributed by atoms with Crippen LogP contribution < -0.4 is 10.6 Å². The molecule has 0 amide bonds. The molecular formula is C12H18N4O2. The number of aromatic nitrogens is 1. The second-order valence-electron chi connectivity index (χ2n) is 4.93. The van der Waals surface area contributed by atoms with E-state index in [1.54, 1.807) is 19.2 Å². The summed E-state index contributed by atoms with van der Waals surface area (Å²) in [6, 6.07) is 1.84. The van der Waals surface area contributed by atoms with Gasteiger partial charge in [-0.2, -0.15) is 0 Å². The number of nitrogens with zero attached hydrogens (tertiary/aromatic N) is 3. The van der Waals surface area contributed by atoms with Crippen molar-refractivity contribution >= 4 is 11.5 Å². The molecule has 1 aliphatic rings. The highest BCUT2D eigenvalue weighted by Gasteiger charge is 2.29. The van der Waals surface area contributed by atoms with Gasteiger partial charge in [0.15, 0.2) is 0 Å². The molecule has 2 rings (SSSR count). The lowest BCUT2D eigenvalue weighted by atomic mass is 9.94. The first-order valence-electron chi connectivity index (χ1n) is 6.11. The van der Waals surface area contributed by atoms with E-state index in [1.165, 1.54) is 0 Å². The van der Waals surface area contributed by atoms with Crippen molar-refractivity contribution in [1.82, 2.24) is 4.98 Å². The van der Waals surface area contributed by atoms with Crippen LogP contribution in [0.4, 0.5) is 11.5 Å². The second kappa shape index (κ2) is 4.89. The third kappa shape index (κ3) is 2.28. The zero-order valence-electron chi connectivity index (χ0n) is 10.7. The molecule has 0 radical (unpaired) electrons. The number of pyridine rings is 1. The third-order valence-corrected chi connectivity index (χ3v) is 3.56. The molecule has 1 aliphatic heterocycles. The average molecular weight is 250 g/mol. The van der Waals surface area contributed by atoms with Crippen LogP contribution in [0.15, 0.2) is 12.3 Å². The zero-order chi connectivity index (χ0) is 13.3. The molecule has 2 N–H and O–H groups in total. The Hall–Kier alpha value is -1.69. The van der Waals surface area contributed by atoms with Crippen molar-refractivity contribution in [2.75, 3.05) is 18.0 Å².